The normalized spacial score (nSPS) is 13.6. The van der Waals surface area contributed by atoms with Crippen molar-refractivity contribution in [3.63, 3.8) is 0 Å². The van der Waals surface area contributed by atoms with Crippen LogP contribution in [0.3, 0.4) is 0 Å². The van der Waals surface area contributed by atoms with E-state index in [1.165, 1.54) is 24.7 Å². The third-order valence-electron chi connectivity index (χ3n) is 4.43. The Balaban J connectivity index is 2.95. The second kappa shape index (κ2) is 12.5. The summed E-state index contributed by atoms with van der Waals surface area (Å²) in [4.78, 5) is 47.3. The number of carbonyl (C=O) groups excluding carboxylic acids is 3. The molecule has 11 nitrogen and oxygen atoms in total. The number of likely N-dealkylation sites (N-methyl/N-ethyl adjacent to an activating group) is 1. The van der Waals surface area contributed by atoms with Crippen molar-refractivity contribution in [1.29, 1.82) is 0 Å². The molecular formula is C20H29N3O8. The molecule has 172 valence electrons. The fourth-order valence-electron chi connectivity index (χ4n) is 2.90. The van der Waals surface area contributed by atoms with Crippen LogP contribution in [0.4, 0.5) is 0 Å². The number of hydrogen-bond donors (Lipinski definition) is 6. The van der Waals surface area contributed by atoms with Crippen LogP contribution in [0.1, 0.15) is 25.8 Å². The molecule has 0 saturated heterocycles. The van der Waals surface area contributed by atoms with Gasteiger partial charge in [-0.15, -0.1) is 0 Å². The topological polar surface area (TPSA) is 174 Å². The van der Waals surface area contributed by atoms with E-state index in [9.17, 15) is 24.3 Å². The summed E-state index contributed by atoms with van der Waals surface area (Å²) < 4.78 is 5.05. The molecule has 0 spiro atoms. The van der Waals surface area contributed by atoms with E-state index in [0.29, 0.717) is 11.3 Å². The molecule has 0 fully saturated rings. The van der Waals surface area contributed by atoms with E-state index in [2.05, 4.69) is 10.6 Å². The van der Waals surface area contributed by atoms with E-state index in [1.807, 2.05) is 0 Å². The van der Waals surface area contributed by atoms with Crippen LogP contribution in [-0.4, -0.2) is 64.9 Å². The van der Waals surface area contributed by atoms with Crippen molar-refractivity contribution in [3.8, 4) is 5.75 Å². The molecule has 6 N–H and O–H groups in total. The molecule has 31 heavy (non-hydrogen) atoms. The molecule has 0 aliphatic heterocycles. The van der Waals surface area contributed by atoms with Gasteiger partial charge in [0.2, 0.25) is 11.8 Å². The van der Waals surface area contributed by atoms with Gasteiger partial charge in [-0.1, -0.05) is 26.0 Å². The summed E-state index contributed by atoms with van der Waals surface area (Å²) >= 11 is 0. The quantitative estimate of drug-likeness (QED) is 0.186. The van der Waals surface area contributed by atoms with Crippen LogP contribution < -0.4 is 20.9 Å². The maximum atomic E-state index is 12.8. The molecule has 1 aromatic carbocycles. The molecule has 0 aliphatic rings. The first-order chi connectivity index (χ1) is 14.6. The standard InChI is InChI=1S/C20H29N3O8/c1-11(2)8-14(17(26)20(29)23-30)18(27)22-15(19(28)21-3)9-12-4-6-13(7-5-12)31-10-16(24)25/h4-7,11,14-15,17,26,30H,8-10H2,1-3H3,(H,21,28)(H,22,27)(H,23,29)(H,24,25)/t14-,15+,17+/m1/s1. The van der Waals surface area contributed by atoms with Crippen molar-refractivity contribution in [2.45, 2.75) is 38.8 Å². The molecule has 0 aliphatic carbocycles. The van der Waals surface area contributed by atoms with Gasteiger partial charge in [-0.2, -0.15) is 0 Å². The third-order valence-corrected chi connectivity index (χ3v) is 4.43. The lowest BCUT2D eigenvalue weighted by molar-refractivity contribution is -0.147. The van der Waals surface area contributed by atoms with Crippen molar-refractivity contribution in [2.75, 3.05) is 13.7 Å². The van der Waals surface area contributed by atoms with Gasteiger partial charge >= 0.3 is 5.97 Å². The summed E-state index contributed by atoms with van der Waals surface area (Å²) in [5, 5.41) is 32.5. The molecule has 3 amide bonds. The molecule has 0 heterocycles. The predicted molar refractivity (Wildman–Crippen MR) is 108 cm³/mol. The molecule has 1 aromatic rings. The van der Waals surface area contributed by atoms with Gasteiger partial charge in [0.25, 0.3) is 5.91 Å². The summed E-state index contributed by atoms with van der Waals surface area (Å²) in [6.07, 6.45) is -1.54. The zero-order valence-electron chi connectivity index (χ0n) is 17.6. The van der Waals surface area contributed by atoms with Crippen molar-refractivity contribution < 1.29 is 39.3 Å². The van der Waals surface area contributed by atoms with E-state index in [1.54, 1.807) is 26.0 Å². The monoisotopic (exact) mass is 439 g/mol. The molecule has 1 rings (SSSR count). The number of carbonyl (C=O) groups is 4. The van der Waals surface area contributed by atoms with Gasteiger partial charge in [0, 0.05) is 13.5 Å². The molecule has 0 bridgehead atoms. The lowest BCUT2D eigenvalue weighted by Gasteiger charge is -2.25. The van der Waals surface area contributed by atoms with Crippen LogP contribution in [0.15, 0.2) is 24.3 Å². The average molecular weight is 439 g/mol. The van der Waals surface area contributed by atoms with E-state index in [-0.39, 0.29) is 18.8 Å². The second-order valence-corrected chi connectivity index (χ2v) is 7.36. The van der Waals surface area contributed by atoms with Gasteiger partial charge in [0.1, 0.15) is 17.9 Å². The number of rotatable bonds is 12. The summed E-state index contributed by atoms with van der Waals surface area (Å²) in [7, 11) is 1.41. The minimum Gasteiger partial charge on any atom is -0.482 e. The second-order valence-electron chi connectivity index (χ2n) is 7.36. The van der Waals surface area contributed by atoms with Gasteiger partial charge < -0.3 is 25.6 Å². The van der Waals surface area contributed by atoms with Gasteiger partial charge in [-0.05, 0) is 30.0 Å². The van der Waals surface area contributed by atoms with Gasteiger partial charge in [0.05, 0.1) is 5.92 Å². The van der Waals surface area contributed by atoms with Crippen molar-refractivity contribution >= 4 is 23.7 Å². The van der Waals surface area contributed by atoms with E-state index in [0.717, 1.165) is 0 Å². The Labute approximate surface area is 179 Å². The molecule has 0 radical (unpaired) electrons. The fraction of sp³-hybridized carbons (Fsp3) is 0.500. The zero-order valence-corrected chi connectivity index (χ0v) is 17.6. The highest BCUT2D eigenvalue weighted by Crippen LogP contribution is 2.18. The predicted octanol–water partition coefficient (Wildman–Crippen LogP) is -0.548. The molecule has 0 saturated carbocycles. The fourth-order valence-corrected chi connectivity index (χ4v) is 2.90. The first kappa shape index (κ1) is 25.9. The van der Waals surface area contributed by atoms with Crippen molar-refractivity contribution in [1.82, 2.24) is 16.1 Å². The van der Waals surface area contributed by atoms with Gasteiger partial charge in [-0.3, -0.25) is 19.6 Å². The Bertz CT molecular complexity index is 766. The van der Waals surface area contributed by atoms with Crippen LogP contribution in [0, 0.1) is 11.8 Å². The lowest BCUT2D eigenvalue weighted by Crippen LogP contribution is -2.52. The molecule has 3 atom stereocenters. The minimum atomic E-state index is -1.79. The first-order valence-corrected chi connectivity index (χ1v) is 9.66. The van der Waals surface area contributed by atoms with Crippen LogP contribution >= 0.6 is 0 Å². The molecule has 0 aromatic heterocycles. The number of hydrogen-bond acceptors (Lipinski definition) is 7. The number of aliphatic carboxylic acids is 1. The highest BCUT2D eigenvalue weighted by molar-refractivity contribution is 5.92. The maximum absolute atomic E-state index is 12.8. The highest BCUT2D eigenvalue weighted by Gasteiger charge is 2.34. The van der Waals surface area contributed by atoms with Crippen LogP contribution in [0.5, 0.6) is 5.75 Å². The Morgan fingerprint density at radius 2 is 1.65 bits per heavy atom. The Morgan fingerprint density at radius 1 is 1.03 bits per heavy atom. The zero-order chi connectivity index (χ0) is 23.6. The lowest BCUT2D eigenvalue weighted by atomic mass is 9.90. The maximum Gasteiger partial charge on any atom is 0.341 e. The number of ether oxygens (including phenoxy) is 1. The number of nitrogens with one attached hydrogen (secondary N) is 3. The van der Waals surface area contributed by atoms with Crippen molar-refractivity contribution in [2.24, 2.45) is 11.8 Å². The average Bonchev–Trinajstić information content (AvgIpc) is 2.74. The minimum absolute atomic E-state index is 0.0475. The SMILES string of the molecule is CNC(=O)[C@H](Cc1ccc(OCC(=O)O)cc1)NC(=O)[C@H](CC(C)C)[C@H](O)C(=O)NO. The summed E-state index contributed by atoms with van der Waals surface area (Å²) in [6, 6.07) is 5.33. The van der Waals surface area contributed by atoms with Crippen LogP contribution in [0.25, 0.3) is 0 Å². The smallest absolute Gasteiger partial charge is 0.341 e. The summed E-state index contributed by atoms with van der Waals surface area (Å²) in [5.74, 6) is -4.31. The number of amides is 3. The number of aliphatic hydroxyl groups excluding tert-OH is 1. The van der Waals surface area contributed by atoms with Gasteiger partial charge in [-0.25, -0.2) is 10.3 Å². The Kier molecular flexibility index (Phi) is 10.4. The molecular weight excluding hydrogens is 410 g/mol. The number of carboxylic acid groups (broad SMARTS) is 1. The number of hydroxylamine groups is 1. The number of aliphatic hydroxyl groups is 1. The van der Waals surface area contributed by atoms with Crippen LogP contribution in [0.2, 0.25) is 0 Å². The number of benzene rings is 1. The Morgan fingerprint density at radius 3 is 2.13 bits per heavy atom. The number of carboxylic acids is 1. The van der Waals surface area contributed by atoms with Gasteiger partial charge in [0.15, 0.2) is 6.61 Å². The third kappa shape index (κ3) is 8.60. The molecule has 0 unspecified atom stereocenters. The van der Waals surface area contributed by atoms with E-state index >= 15 is 0 Å². The largest absolute Gasteiger partial charge is 0.482 e. The Hall–Kier alpha value is -3.18. The van der Waals surface area contributed by atoms with E-state index < -0.39 is 48.4 Å². The van der Waals surface area contributed by atoms with Crippen LogP contribution in [-0.2, 0) is 25.6 Å². The summed E-state index contributed by atoms with van der Waals surface area (Å²) in [5.41, 5.74) is 1.98. The summed E-state index contributed by atoms with van der Waals surface area (Å²) in [6.45, 7) is 3.11. The van der Waals surface area contributed by atoms with Crippen molar-refractivity contribution in [3.05, 3.63) is 29.8 Å². The highest BCUT2D eigenvalue weighted by atomic mass is 16.5. The molecule has 11 heteroatoms. The first-order valence-electron chi connectivity index (χ1n) is 9.66. The van der Waals surface area contributed by atoms with E-state index in [4.69, 9.17) is 15.1 Å².